The summed E-state index contributed by atoms with van der Waals surface area (Å²) in [6, 6.07) is 17.6. The van der Waals surface area contributed by atoms with Gasteiger partial charge >= 0.3 is 0 Å². The smallest absolute Gasteiger partial charge is 0.220 e. The minimum atomic E-state index is 0.000988. The number of amides is 1. The Morgan fingerprint density at radius 3 is 2.58 bits per heavy atom. The summed E-state index contributed by atoms with van der Waals surface area (Å²) in [4.78, 5) is 14.2. The summed E-state index contributed by atoms with van der Waals surface area (Å²) >= 11 is 0. The Hall–Kier alpha value is -2.79. The van der Waals surface area contributed by atoms with Crippen molar-refractivity contribution in [3.05, 3.63) is 72.4 Å². The summed E-state index contributed by atoms with van der Waals surface area (Å²) in [5.41, 5.74) is 1.04. The van der Waals surface area contributed by atoms with Crippen molar-refractivity contribution < 1.29 is 13.6 Å². The van der Waals surface area contributed by atoms with Gasteiger partial charge in [0.1, 0.15) is 17.3 Å². The lowest BCUT2D eigenvalue weighted by Gasteiger charge is -2.22. The monoisotopic (exact) mass is 352 g/mol. The van der Waals surface area contributed by atoms with Crippen molar-refractivity contribution in [1.82, 2.24) is 10.2 Å². The minimum Gasteiger partial charge on any atom is -0.468 e. The lowest BCUT2D eigenvalue weighted by molar-refractivity contribution is -0.121. The molecule has 1 unspecified atom stereocenters. The molecule has 0 aliphatic rings. The van der Waals surface area contributed by atoms with Crippen molar-refractivity contribution in [3.63, 3.8) is 0 Å². The third kappa shape index (κ3) is 4.64. The van der Waals surface area contributed by atoms with Crippen molar-refractivity contribution in [2.75, 3.05) is 20.6 Å². The molecule has 3 aromatic rings. The van der Waals surface area contributed by atoms with Gasteiger partial charge in [-0.25, -0.2) is 0 Å². The summed E-state index contributed by atoms with van der Waals surface area (Å²) in [5.74, 6) is 2.48. The van der Waals surface area contributed by atoms with Crippen molar-refractivity contribution in [1.29, 1.82) is 0 Å². The predicted octanol–water partition coefficient (Wildman–Crippen LogP) is 3.89. The van der Waals surface area contributed by atoms with Crippen molar-refractivity contribution in [3.8, 4) is 11.3 Å². The van der Waals surface area contributed by atoms with Crippen molar-refractivity contribution in [2.24, 2.45) is 0 Å². The second-order valence-corrected chi connectivity index (χ2v) is 6.43. The van der Waals surface area contributed by atoms with E-state index in [9.17, 15) is 4.79 Å². The van der Waals surface area contributed by atoms with E-state index in [2.05, 4.69) is 5.32 Å². The fourth-order valence-electron chi connectivity index (χ4n) is 2.82. The summed E-state index contributed by atoms with van der Waals surface area (Å²) in [6.45, 7) is 0.507. The Morgan fingerprint density at radius 2 is 1.88 bits per heavy atom. The zero-order valence-electron chi connectivity index (χ0n) is 15.1. The van der Waals surface area contributed by atoms with E-state index in [1.54, 1.807) is 6.26 Å². The average molecular weight is 352 g/mol. The standard InChI is InChI=1S/C21H24N2O3/c1-23(2)18(20-9-6-14-25-20)15-22-21(24)13-11-17-10-12-19(26-17)16-7-4-3-5-8-16/h3-10,12,14,18H,11,13,15H2,1-2H3,(H,22,24). The van der Waals surface area contributed by atoms with Gasteiger partial charge in [0.15, 0.2) is 0 Å². The second kappa shape index (κ2) is 8.54. The maximum absolute atomic E-state index is 12.2. The van der Waals surface area contributed by atoms with Crippen LogP contribution in [0.4, 0.5) is 0 Å². The zero-order chi connectivity index (χ0) is 18.4. The van der Waals surface area contributed by atoms with Crippen LogP contribution in [0.5, 0.6) is 0 Å². The molecule has 5 heteroatoms. The van der Waals surface area contributed by atoms with Crippen LogP contribution in [0.15, 0.2) is 69.7 Å². The summed E-state index contributed by atoms with van der Waals surface area (Å²) in [5, 5.41) is 2.98. The first-order chi connectivity index (χ1) is 12.6. The molecule has 3 rings (SSSR count). The summed E-state index contributed by atoms with van der Waals surface area (Å²) < 4.78 is 11.3. The number of furan rings is 2. The summed E-state index contributed by atoms with van der Waals surface area (Å²) in [7, 11) is 3.93. The van der Waals surface area contributed by atoms with E-state index >= 15 is 0 Å². The molecule has 0 bridgehead atoms. The number of hydrogen-bond acceptors (Lipinski definition) is 4. The van der Waals surface area contributed by atoms with E-state index in [4.69, 9.17) is 8.83 Å². The first-order valence-electron chi connectivity index (χ1n) is 8.74. The molecule has 2 aromatic heterocycles. The quantitative estimate of drug-likeness (QED) is 0.668. The molecule has 26 heavy (non-hydrogen) atoms. The van der Waals surface area contributed by atoms with Gasteiger partial charge in [-0.2, -0.15) is 0 Å². The van der Waals surface area contributed by atoms with Crippen LogP contribution in [0.2, 0.25) is 0 Å². The molecule has 136 valence electrons. The van der Waals surface area contributed by atoms with Gasteiger partial charge in [-0.15, -0.1) is 0 Å². The number of likely N-dealkylation sites (N-methyl/N-ethyl adjacent to an activating group) is 1. The largest absolute Gasteiger partial charge is 0.468 e. The number of rotatable bonds is 8. The Labute approximate surface area is 153 Å². The topological polar surface area (TPSA) is 58.6 Å². The molecule has 0 aliphatic carbocycles. The first-order valence-corrected chi connectivity index (χ1v) is 8.74. The zero-order valence-corrected chi connectivity index (χ0v) is 15.1. The molecule has 0 radical (unpaired) electrons. The first kappa shape index (κ1) is 18.0. The van der Waals surface area contributed by atoms with Gasteiger partial charge in [-0.05, 0) is 38.4 Å². The van der Waals surface area contributed by atoms with E-state index < -0.39 is 0 Å². The molecule has 0 saturated heterocycles. The molecule has 0 fully saturated rings. The van der Waals surface area contributed by atoms with Gasteiger partial charge < -0.3 is 14.2 Å². The van der Waals surface area contributed by atoms with Gasteiger partial charge in [0.05, 0.1) is 12.3 Å². The second-order valence-electron chi connectivity index (χ2n) is 6.43. The highest BCUT2D eigenvalue weighted by Gasteiger charge is 2.18. The molecule has 5 nitrogen and oxygen atoms in total. The van der Waals surface area contributed by atoms with E-state index in [1.165, 1.54) is 0 Å². The third-order valence-corrected chi connectivity index (χ3v) is 4.31. The van der Waals surface area contributed by atoms with E-state index in [1.807, 2.05) is 73.6 Å². The van der Waals surface area contributed by atoms with Crippen molar-refractivity contribution >= 4 is 5.91 Å². The lowest BCUT2D eigenvalue weighted by Crippen LogP contribution is -2.34. The van der Waals surface area contributed by atoms with Gasteiger partial charge in [-0.1, -0.05) is 30.3 Å². The van der Waals surface area contributed by atoms with Crippen LogP contribution in [0.25, 0.3) is 11.3 Å². The number of benzene rings is 1. The number of carbonyl (C=O) groups is 1. The fraction of sp³-hybridized carbons (Fsp3) is 0.286. The SMILES string of the molecule is CN(C)C(CNC(=O)CCc1ccc(-c2ccccc2)o1)c1ccco1. The predicted molar refractivity (Wildman–Crippen MR) is 101 cm³/mol. The Kier molecular flexibility index (Phi) is 5.92. The number of carbonyl (C=O) groups excluding carboxylic acids is 1. The van der Waals surface area contributed by atoms with Crippen LogP contribution >= 0.6 is 0 Å². The average Bonchev–Trinajstić information content (AvgIpc) is 3.33. The van der Waals surface area contributed by atoms with Crippen molar-refractivity contribution in [2.45, 2.75) is 18.9 Å². The normalized spacial score (nSPS) is 12.3. The maximum Gasteiger partial charge on any atom is 0.220 e. The minimum absolute atomic E-state index is 0.000988. The van der Waals surface area contributed by atoms with E-state index in [0.717, 1.165) is 22.8 Å². The fourth-order valence-corrected chi connectivity index (χ4v) is 2.82. The number of hydrogen-bond donors (Lipinski definition) is 1. The molecule has 1 N–H and O–H groups in total. The Morgan fingerprint density at radius 1 is 1.08 bits per heavy atom. The molecule has 0 saturated carbocycles. The number of nitrogens with one attached hydrogen (secondary N) is 1. The molecule has 2 heterocycles. The van der Waals surface area contributed by atoms with Gasteiger partial charge in [0, 0.05) is 24.9 Å². The number of nitrogens with zero attached hydrogens (tertiary/aromatic N) is 1. The molecule has 0 spiro atoms. The van der Waals surface area contributed by atoms with Crippen LogP contribution in [-0.4, -0.2) is 31.4 Å². The van der Waals surface area contributed by atoms with Gasteiger partial charge in [0.25, 0.3) is 0 Å². The Balaban J connectivity index is 1.49. The molecular weight excluding hydrogens is 328 g/mol. The van der Waals surface area contributed by atoms with Crippen LogP contribution < -0.4 is 5.32 Å². The molecule has 1 aromatic carbocycles. The van der Waals surface area contributed by atoms with Crippen LogP contribution in [0.3, 0.4) is 0 Å². The third-order valence-electron chi connectivity index (χ3n) is 4.31. The molecule has 1 atom stereocenters. The molecular formula is C21H24N2O3. The van der Waals surface area contributed by atoms with Gasteiger partial charge in [0.2, 0.25) is 5.91 Å². The van der Waals surface area contributed by atoms with Crippen LogP contribution in [0, 0.1) is 0 Å². The van der Waals surface area contributed by atoms with Crippen LogP contribution in [-0.2, 0) is 11.2 Å². The highest BCUT2D eigenvalue weighted by atomic mass is 16.3. The van der Waals surface area contributed by atoms with E-state index in [-0.39, 0.29) is 11.9 Å². The van der Waals surface area contributed by atoms with Crippen LogP contribution in [0.1, 0.15) is 24.0 Å². The van der Waals surface area contributed by atoms with Gasteiger partial charge in [-0.3, -0.25) is 9.69 Å². The highest BCUT2D eigenvalue weighted by molar-refractivity contribution is 5.76. The van der Waals surface area contributed by atoms with E-state index in [0.29, 0.717) is 19.4 Å². The summed E-state index contributed by atoms with van der Waals surface area (Å²) in [6.07, 6.45) is 2.61. The number of aryl methyl sites for hydroxylation is 1. The maximum atomic E-state index is 12.2. The molecule has 0 aliphatic heterocycles. The molecule has 1 amide bonds. The Bertz CT molecular complexity index is 807. The lowest BCUT2D eigenvalue weighted by atomic mass is 10.2. The highest BCUT2D eigenvalue weighted by Crippen LogP contribution is 2.22.